The van der Waals surface area contributed by atoms with Crippen LogP contribution >= 0.6 is 0 Å². The summed E-state index contributed by atoms with van der Waals surface area (Å²) < 4.78 is 6.39. The Morgan fingerprint density at radius 2 is 2.08 bits per heavy atom. The summed E-state index contributed by atoms with van der Waals surface area (Å²) in [7, 11) is 0. The maximum absolute atomic E-state index is 12.4. The molecule has 0 saturated carbocycles. The van der Waals surface area contributed by atoms with E-state index in [9.17, 15) is 9.59 Å². The van der Waals surface area contributed by atoms with Crippen molar-refractivity contribution < 1.29 is 9.21 Å². The third-order valence-corrected chi connectivity index (χ3v) is 3.80. The first-order valence-corrected chi connectivity index (χ1v) is 7.69. The standard InChI is InChI=1S/C18H14N4O3/c23-17(20-14-4-1-3-13-12(14)8-9-19-13)11-22-18(24)7-6-15(21-22)16-5-2-10-25-16/h1-10,19H,11H2,(H,20,23). The van der Waals surface area contributed by atoms with Gasteiger partial charge in [-0.25, -0.2) is 4.68 Å². The van der Waals surface area contributed by atoms with Gasteiger partial charge in [-0.2, -0.15) is 5.10 Å². The number of carbonyl (C=O) groups excluding carboxylic acids is 1. The highest BCUT2D eigenvalue weighted by molar-refractivity contribution is 6.01. The highest BCUT2D eigenvalue weighted by atomic mass is 16.3. The Hall–Kier alpha value is -3.61. The second-order valence-corrected chi connectivity index (χ2v) is 5.48. The zero-order valence-corrected chi connectivity index (χ0v) is 13.1. The normalized spacial score (nSPS) is 10.9. The highest BCUT2D eigenvalue weighted by Crippen LogP contribution is 2.22. The maximum atomic E-state index is 12.4. The molecule has 3 heterocycles. The minimum atomic E-state index is -0.356. The summed E-state index contributed by atoms with van der Waals surface area (Å²) in [6.45, 7) is -0.186. The van der Waals surface area contributed by atoms with Gasteiger partial charge in [0.05, 0.1) is 12.0 Å². The molecule has 0 aliphatic carbocycles. The van der Waals surface area contributed by atoms with Crippen LogP contribution in [0.4, 0.5) is 5.69 Å². The number of H-pyrrole nitrogens is 1. The van der Waals surface area contributed by atoms with E-state index in [-0.39, 0.29) is 18.0 Å². The molecule has 1 aromatic carbocycles. The Bertz CT molecular complexity index is 1090. The summed E-state index contributed by atoms with van der Waals surface area (Å²) in [5, 5.41) is 7.91. The summed E-state index contributed by atoms with van der Waals surface area (Å²) in [6, 6.07) is 13.9. The van der Waals surface area contributed by atoms with Gasteiger partial charge in [-0.1, -0.05) is 6.07 Å². The van der Waals surface area contributed by atoms with E-state index in [4.69, 9.17) is 4.42 Å². The molecule has 3 aromatic heterocycles. The van der Waals surface area contributed by atoms with E-state index < -0.39 is 0 Å². The summed E-state index contributed by atoms with van der Waals surface area (Å²) >= 11 is 0. The van der Waals surface area contributed by atoms with Crippen LogP contribution in [0.3, 0.4) is 0 Å². The zero-order chi connectivity index (χ0) is 17.2. The van der Waals surface area contributed by atoms with Crippen molar-refractivity contribution in [3.05, 3.63) is 71.3 Å². The summed E-state index contributed by atoms with van der Waals surface area (Å²) in [5.74, 6) is 0.200. The van der Waals surface area contributed by atoms with Crippen LogP contribution in [0.1, 0.15) is 0 Å². The Balaban J connectivity index is 1.58. The SMILES string of the molecule is O=C(Cn1nc(-c2ccco2)ccc1=O)Nc1cccc2[nH]ccc12. The smallest absolute Gasteiger partial charge is 0.267 e. The number of nitrogens with one attached hydrogen (secondary N) is 2. The molecule has 0 aliphatic heterocycles. The minimum absolute atomic E-state index is 0.186. The van der Waals surface area contributed by atoms with Gasteiger partial charge in [-0.05, 0) is 36.4 Å². The van der Waals surface area contributed by atoms with Crippen molar-refractivity contribution >= 4 is 22.5 Å². The maximum Gasteiger partial charge on any atom is 0.267 e. The second kappa shape index (κ2) is 6.12. The number of fused-ring (bicyclic) bond motifs is 1. The molecule has 0 radical (unpaired) electrons. The Morgan fingerprint density at radius 1 is 1.16 bits per heavy atom. The average molecular weight is 334 g/mol. The molecule has 2 N–H and O–H groups in total. The Kier molecular flexibility index (Phi) is 3.66. The molecule has 0 saturated heterocycles. The number of rotatable bonds is 4. The van der Waals surface area contributed by atoms with Crippen LogP contribution in [0.15, 0.2) is 70.2 Å². The van der Waals surface area contributed by atoms with Crippen LogP contribution in [-0.4, -0.2) is 20.7 Å². The molecule has 0 atom stereocenters. The molecular weight excluding hydrogens is 320 g/mol. The third kappa shape index (κ3) is 2.94. The van der Waals surface area contributed by atoms with Gasteiger partial charge in [-0.3, -0.25) is 9.59 Å². The van der Waals surface area contributed by atoms with Crippen LogP contribution in [0, 0.1) is 0 Å². The van der Waals surface area contributed by atoms with E-state index in [2.05, 4.69) is 15.4 Å². The minimum Gasteiger partial charge on any atom is -0.463 e. The summed E-state index contributed by atoms with van der Waals surface area (Å²) in [6.07, 6.45) is 3.33. The monoisotopic (exact) mass is 334 g/mol. The third-order valence-electron chi connectivity index (χ3n) is 3.80. The van der Waals surface area contributed by atoms with Crippen LogP contribution in [0.25, 0.3) is 22.4 Å². The number of nitrogens with zero attached hydrogens (tertiary/aromatic N) is 2. The molecule has 0 unspecified atom stereocenters. The van der Waals surface area contributed by atoms with Crippen molar-refractivity contribution in [1.29, 1.82) is 0 Å². The lowest BCUT2D eigenvalue weighted by Gasteiger charge is -2.08. The van der Waals surface area contributed by atoms with Gasteiger partial charge < -0.3 is 14.7 Å². The first-order chi connectivity index (χ1) is 12.2. The van der Waals surface area contributed by atoms with Gasteiger partial charge in [0.25, 0.3) is 5.56 Å². The largest absolute Gasteiger partial charge is 0.463 e. The molecule has 25 heavy (non-hydrogen) atoms. The van der Waals surface area contributed by atoms with E-state index in [0.29, 0.717) is 17.1 Å². The van der Waals surface area contributed by atoms with E-state index in [1.807, 2.05) is 24.3 Å². The van der Waals surface area contributed by atoms with Crippen molar-refractivity contribution in [2.75, 3.05) is 5.32 Å². The molecule has 0 spiro atoms. The van der Waals surface area contributed by atoms with Gasteiger partial charge in [0.2, 0.25) is 5.91 Å². The number of carbonyl (C=O) groups is 1. The molecule has 0 aliphatic rings. The van der Waals surface area contributed by atoms with Crippen molar-refractivity contribution in [2.45, 2.75) is 6.54 Å². The van der Waals surface area contributed by atoms with Crippen molar-refractivity contribution in [3.63, 3.8) is 0 Å². The number of amides is 1. The molecule has 4 aromatic rings. The molecule has 7 heteroatoms. The van der Waals surface area contributed by atoms with E-state index in [1.165, 1.54) is 12.3 Å². The van der Waals surface area contributed by atoms with Gasteiger partial charge in [-0.15, -0.1) is 0 Å². The Morgan fingerprint density at radius 3 is 2.92 bits per heavy atom. The molecule has 0 bridgehead atoms. The predicted molar refractivity (Wildman–Crippen MR) is 93.1 cm³/mol. The average Bonchev–Trinajstić information content (AvgIpc) is 3.28. The zero-order valence-electron chi connectivity index (χ0n) is 13.1. The molecular formula is C18H14N4O3. The second-order valence-electron chi connectivity index (χ2n) is 5.48. The molecule has 124 valence electrons. The van der Waals surface area contributed by atoms with E-state index in [1.54, 1.807) is 24.4 Å². The predicted octanol–water partition coefficient (Wildman–Crippen LogP) is 2.62. The quantitative estimate of drug-likeness (QED) is 0.600. The van der Waals surface area contributed by atoms with Crippen molar-refractivity contribution in [3.8, 4) is 11.5 Å². The van der Waals surface area contributed by atoms with E-state index in [0.717, 1.165) is 15.6 Å². The lowest BCUT2D eigenvalue weighted by molar-refractivity contribution is -0.117. The van der Waals surface area contributed by atoms with Crippen LogP contribution in [-0.2, 0) is 11.3 Å². The highest BCUT2D eigenvalue weighted by Gasteiger charge is 2.11. The first-order valence-electron chi connectivity index (χ1n) is 7.69. The lowest BCUT2D eigenvalue weighted by Crippen LogP contribution is -2.29. The van der Waals surface area contributed by atoms with Gasteiger partial charge in [0.1, 0.15) is 12.2 Å². The number of furan rings is 1. The number of benzene rings is 1. The van der Waals surface area contributed by atoms with Gasteiger partial charge in [0.15, 0.2) is 5.76 Å². The van der Waals surface area contributed by atoms with Gasteiger partial charge in [0, 0.05) is 23.2 Å². The topological polar surface area (TPSA) is 92.9 Å². The van der Waals surface area contributed by atoms with Crippen LogP contribution in [0.5, 0.6) is 0 Å². The van der Waals surface area contributed by atoms with Gasteiger partial charge >= 0.3 is 0 Å². The molecule has 4 rings (SSSR count). The summed E-state index contributed by atoms with van der Waals surface area (Å²) in [4.78, 5) is 27.4. The van der Waals surface area contributed by atoms with E-state index >= 15 is 0 Å². The molecule has 1 amide bonds. The fourth-order valence-electron chi connectivity index (χ4n) is 2.64. The van der Waals surface area contributed by atoms with Crippen molar-refractivity contribution in [1.82, 2.24) is 14.8 Å². The number of aromatic nitrogens is 3. The number of hydrogen-bond acceptors (Lipinski definition) is 4. The fraction of sp³-hybridized carbons (Fsp3) is 0.0556. The van der Waals surface area contributed by atoms with Crippen molar-refractivity contribution in [2.24, 2.45) is 0 Å². The summed E-state index contributed by atoms with van der Waals surface area (Å²) in [5.41, 5.74) is 1.74. The molecule has 7 nitrogen and oxygen atoms in total. The Labute approximate surface area is 141 Å². The fourth-order valence-corrected chi connectivity index (χ4v) is 2.64. The lowest BCUT2D eigenvalue weighted by atomic mass is 10.2. The number of aromatic amines is 1. The first kappa shape index (κ1) is 14.9. The molecule has 0 fully saturated rings. The number of anilines is 1. The van der Waals surface area contributed by atoms with Crippen LogP contribution in [0.2, 0.25) is 0 Å². The van der Waals surface area contributed by atoms with Crippen LogP contribution < -0.4 is 10.9 Å². The number of hydrogen-bond donors (Lipinski definition) is 2.